The van der Waals surface area contributed by atoms with Crippen LogP contribution in [0.5, 0.6) is 0 Å². The number of ether oxygens (including phenoxy) is 4. The monoisotopic (exact) mass is 409 g/mol. The highest BCUT2D eigenvalue weighted by molar-refractivity contribution is 7.71. The lowest BCUT2D eigenvalue weighted by molar-refractivity contribution is -0.166. The predicted molar refractivity (Wildman–Crippen MR) is 96.6 cm³/mol. The molecule has 2 aromatic rings. The van der Waals surface area contributed by atoms with Crippen molar-refractivity contribution in [1.29, 1.82) is 0 Å². The fraction of sp³-hybridized carbons (Fsp3) is 0.471. The molecule has 1 N–H and O–H groups in total. The zero-order valence-corrected chi connectivity index (χ0v) is 16.2. The van der Waals surface area contributed by atoms with E-state index in [-0.39, 0.29) is 6.61 Å². The summed E-state index contributed by atoms with van der Waals surface area (Å²) in [7, 11) is 0. The number of hydrogen-bond acceptors (Lipinski definition) is 9. The maximum atomic E-state index is 11.7. The Morgan fingerprint density at radius 2 is 1.86 bits per heavy atom. The van der Waals surface area contributed by atoms with Gasteiger partial charge in [0, 0.05) is 27.0 Å². The van der Waals surface area contributed by atoms with Crippen molar-refractivity contribution in [2.45, 2.75) is 45.3 Å². The smallest absolute Gasteiger partial charge is 0.303 e. The highest BCUT2D eigenvalue weighted by Crippen LogP contribution is 2.36. The summed E-state index contributed by atoms with van der Waals surface area (Å²) in [5.41, 5.74) is 1.18. The Labute approximate surface area is 164 Å². The first-order chi connectivity index (χ1) is 13.3. The SMILES string of the molecule is CC(=O)OC[C@H]1O[C@@H](n2cnc3c(=S)[nH]ccc32)[C@@H](OC(C)=O)[C@@H]1OC(C)=O. The summed E-state index contributed by atoms with van der Waals surface area (Å²) in [6.45, 7) is 3.55. The summed E-state index contributed by atoms with van der Waals surface area (Å²) >= 11 is 5.23. The van der Waals surface area contributed by atoms with Gasteiger partial charge in [-0.1, -0.05) is 12.2 Å². The van der Waals surface area contributed by atoms with Crippen LogP contribution in [-0.4, -0.2) is 57.4 Å². The van der Waals surface area contributed by atoms with Crippen LogP contribution in [-0.2, 0) is 33.3 Å². The zero-order chi connectivity index (χ0) is 20.4. The summed E-state index contributed by atoms with van der Waals surface area (Å²) in [6, 6.07) is 1.74. The summed E-state index contributed by atoms with van der Waals surface area (Å²) in [5.74, 6) is -1.68. The summed E-state index contributed by atoms with van der Waals surface area (Å²) < 4.78 is 23.8. The Morgan fingerprint density at radius 1 is 1.18 bits per heavy atom. The molecule has 0 spiro atoms. The molecule has 0 bridgehead atoms. The molecule has 0 unspecified atom stereocenters. The van der Waals surface area contributed by atoms with Crippen molar-refractivity contribution in [1.82, 2.24) is 14.5 Å². The lowest BCUT2D eigenvalue weighted by Gasteiger charge is -2.23. The average molecular weight is 409 g/mol. The van der Waals surface area contributed by atoms with Gasteiger partial charge in [0.1, 0.15) is 22.9 Å². The zero-order valence-electron chi connectivity index (χ0n) is 15.4. The molecular formula is C17H19N3O7S. The number of nitrogens with zero attached hydrogens (tertiary/aromatic N) is 2. The van der Waals surface area contributed by atoms with Gasteiger partial charge >= 0.3 is 17.9 Å². The second kappa shape index (κ2) is 8.07. The average Bonchev–Trinajstić information content (AvgIpc) is 3.16. The minimum Gasteiger partial charge on any atom is -0.463 e. The fourth-order valence-electron chi connectivity index (χ4n) is 3.09. The van der Waals surface area contributed by atoms with Gasteiger partial charge in [0.05, 0.1) is 11.8 Å². The number of carbonyl (C=O) groups is 3. The Bertz CT molecular complexity index is 969. The van der Waals surface area contributed by atoms with Crippen LogP contribution in [0.3, 0.4) is 0 Å². The third kappa shape index (κ3) is 4.04. The number of rotatable bonds is 5. The number of imidazole rings is 1. The van der Waals surface area contributed by atoms with Crippen molar-refractivity contribution in [3.63, 3.8) is 0 Å². The molecule has 11 heteroatoms. The first-order valence-electron chi connectivity index (χ1n) is 8.45. The Kier molecular flexibility index (Phi) is 5.75. The highest BCUT2D eigenvalue weighted by atomic mass is 32.1. The molecule has 0 aliphatic carbocycles. The highest BCUT2D eigenvalue weighted by Gasteiger charge is 2.50. The molecule has 1 saturated heterocycles. The van der Waals surface area contributed by atoms with Crippen molar-refractivity contribution >= 4 is 41.2 Å². The molecule has 0 radical (unpaired) electrons. The van der Waals surface area contributed by atoms with Gasteiger partial charge < -0.3 is 23.9 Å². The number of esters is 3. The Hall–Kier alpha value is -2.79. The lowest BCUT2D eigenvalue weighted by Crippen LogP contribution is -2.40. The standard InChI is InChI=1S/C17H19N3O7S/c1-8(21)24-6-12-14(25-9(2)22)15(26-10(3)23)17(27-12)20-7-19-13-11(20)4-5-18-16(13)28/h4-5,7,12,14-15,17H,6H2,1-3H3,(H,18,28)/t12-,14-,15+,17-/m1/s1. The molecule has 3 rings (SSSR count). The minimum atomic E-state index is -0.975. The Morgan fingerprint density at radius 3 is 2.50 bits per heavy atom. The van der Waals surface area contributed by atoms with Gasteiger partial charge in [-0.15, -0.1) is 0 Å². The van der Waals surface area contributed by atoms with Gasteiger partial charge in [-0.25, -0.2) is 4.98 Å². The molecule has 3 heterocycles. The second-order valence-electron chi connectivity index (χ2n) is 6.21. The van der Waals surface area contributed by atoms with Crippen molar-refractivity contribution in [3.8, 4) is 0 Å². The van der Waals surface area contributed by atoms with E-state index in [4.69, 9.17) is 31.2 Å². The quantitative estimate of drug-likeness (QED) is 0.444. The number of hydrogen-bond donors (Lipinski definition) is 1. The van der Waals surface area contributed by atoms with E-state index < -0.39 is 42.4 Å². The Balaban J connectivity index is 2.02. The van der Waals surface area contributed by atoms with Crippen LogP contribution >= 0.6 is 12.2 Å². The van der Waals surface area contributed by atoms with Crippen LogP contribution < -0.4 is 0 Å². The minimum absolute atomic E-state index is 0.172. The van der Waals surface area contributed by atoms with Gasteiger partial charge in [-0.2, -0.15) is 0 Å². The van der Waals surface area contributed by atoms with Gasteiger partial charge in [0.2, 0.25) is 0 Å². The van der Waals surface area contributed by atoms with Crippen LogP contribution in [0.2, 0.25) is 0 Å². The van der Waals surface area contributed by atoms with Crippen molar-refractivity contribution < 1.29 is 33.3 Å². The number of aromatic nitrogens is 3. The van der Waals surface area contributed by atoms with E-state index in [1.54, 1.807) is 16.8 Å². The van der Waals surface area contributed by atoms with E-state index >= 15 is 0 Å². The second-order valence-corrected chi connectivity index (χ2v) is 6.62. The normalized spacial score (nSPS) is 24.1. The molecule has 0 saturated carbocycles. The molecule has 1 aliphatic heterocycles. The van der Waals surface area contributed by atoms with Gasteiger partial charge in [0.25, 0.3) is 0 Å². The lowest BCUT2D eigenvalue weighted by atomic mass is 10.1. The first kappa shape index (κ1) is 20.0. The molecule has 1 fully saturated rings. The van der Waals surface area contributed by atoms with Gasteiger partial charge in [0.15, 0.2) is 18.4 Å². The molecule has 150 valence electrons. The molecule has 0 aromatic carbocycles. The van der Waals surface area contributed by atoms with E-state index in [0.717, 1.165) is 0 Å². The summed E-state index contributed by atoms with van der Waals surface area (Å²) in [6.07, 6.45) is -0.500. The molecule has 10 nitrogen and oxygen atoms in total. The number of carbonyl (C=O) groups excluding carboxylic acids is 3. The van der Waals surface area contributed by atoms with E-state index in [2.05, 4.69) is 9.97 Å². The van der Waals surface area contributed by atoms with Crippen molar-refractivity contribution in [2.75, 3.05) is 6.61 Å². The first-order valence-corrected chi connectivity index (χ1v) is 8.86. The van der Waals surface area contributed by atoms with E-state index in [1.807, 2.05) is 0 Å². The van der Waals surface area contributed by atoms with Crippen LogP contribution in [0, 0.1) is 4.64 Å². The number of fused-ring (bicyclic) bond motifs is 1. The van der Waals surface area contributed by atoms with Crippen molar-refractivity contribution in [2.24, 2.45) is 0 Å². The summed E-state index contributed by atoms with van der Waals surface area (Å²) in [4.78, 5) is 41.7. The molecule has 0 amide bonds. The number of pyridine rings is 1. The predicted octanol–water partition coefficient (Wildman–Crippen LogP) is 1.42. The van der Waals surface area contributed by atoms with Gasteiger partial charge in [-0.3, -0.25) is 19.0 Å². The van der Waals surface area contributed by atoms with Gasteiger partial charge in [-0.05, 0) is 6.07 Å². The molecule has 28 heavy (non-hydrogen) atoms. The van der Waals surface area contributed by atoms with Crippen LogP contribution in [0.1, 0.15) is 27.0 Å². The number of aromatic amines is 1. The number of nitrogens with one attached hydrogen (secondary N) is 1. The molecule has 1 aliphatic rings. The van der Waals surface area contributed by atoms with E-state index in [1.165, 1.54) is 27.1 Å². The maximum Gasteiger partial charge on any atom is 0.303 e. The summed E-state index contributed by atoms with van der Waals surface area (Å²) in [5, 5.41) is 0. The molecular weight excluding hydrogens is 390 g/mol. The topological polar surface area (TPSA) is 122 Å². The van der Waals surface area contributed by atoms with E-state index in [0.29, 0.717) is 15.7 Å². The molecule has 2 aromatic heterocycles. The fourth-order valence-corrected chi connectivity index (χ4v) is 3.32. The van der Waals surface area contributed by atoms with E-state index in [9.17, 15) is 14.4 Å². The third-order valence-electron chi connectivity index (χ3n) is 4.12. The van der Waals surface area contributed by atoms with Crippen LogP contribution in [0.25, 0.3) is 11.0 Å². The largest absolute Gasteiger partial charge is 0.463 e. The number of H-pyrrole nitrogens is 1. The van der Waals surface area contributed by atoms with Crippen LogP contribution in [0.4, 0.5) is 0 Å². The maximum absolute atomic E-state index is 11.7. The van der Waals surface area contributed by atoms with Crippen molar-refractivity contribution in [3.05, 3.63) is 23.2 Å². The van der Waals surface area contributed by atoms with Crippen LogP contribution in [0.15, 0.2) is 18.6 Å². The third-order valence-corrected chi connectivity index (χ3v) is 4.43. The molecule has 4 atom stereocenters.